The number of hydrogen-bond acceptors (Lipinski definition) is 4. The van der Waals surface area contributed by atoms with Crippen molar-refractivity contribution in [2.45, 2.75) is 51.1 Å². The van der Waals surface area contributed by atoms with Gasteiger partial charge in [0, 0.05) is 24.5 Å². The molecule has 4 aromatic carbocycles. The van der Waals surface area contributed by atoms with Crippen molar-refractivity contribution in [2.24, 2.45) is 0 Å². The van der Waals surface area contributed by atoms with Crippen molar-refractivity contribution in [1.82, 2.24) is 10.2 Å². The third-order valence-corrected chi connectivity index (χ3v) is 9.36. The highest BCUT2D eigenvalue weighted by atomic mass is 35.5. The summed E-state index contributed by atoms with van der Waals surface area (Å²) in [6.07, 6.45) is 0.981. The van der Waals surface area contributed by atoms with Gasteiger partial charge >= 0.3 is 0 Å². The Bertz CT molecular complexity index is 1660. The third kappa shape index (κ3) is 8.27. The highest BCUT2D eigenvalue weighted by Crippen LogP contribution is 2.29. The van der Waals surface area contributed by atoms with E-state index in [-0.39, 0.29) is 23.8 Å². The molecule has 9 heteroatoms. The molecule has 230 valence electrons. The van der Waals surface area contributed by atoms with Crippen LogP contribution in [-0.4, -0.2) is 44.3 Å². The molecule has 44 heavy (non-hydrogen) atoms. The van der Waals surface area contributed by atoms with Crippen LogP contribution < -0.4 is 9.62 Å². The number of nitrogens with one attached hydrogen (secondary N) is 1. The predicted molar refractivity (Wildman–Crippen MR) is 176 cm³/mol. The molecule has 0 fully saturated rings. The van der Waals surface area contributed by atoms with Crippen LogP contribution in [0.3, 0.4) is 0 Å². The zero-order valence-corrected chi connectivity index (χ0v) is 26.8. The number of sulfonamides is 1. The Morgan fingerprint density at radius 3 is 2.11 bits per heavy atom. The summed E-state index contributed by atoms with van der Waals surface area (Å²) in [6, 6.07) is 29.2. The Balaban J connectivity index is 1.81. The number of carbonyl (C=O) groups excluding carboxylic acids is 2. The minimum absolute atomic E-state index is 0.0690. The van der Waals surface area contributed by atoms with Crippen molar-refractivity contribution in [3.8, 4) is 0 Å². The number of benzene rings is 4. The van der Waals surface area contributed by atoms with Gasteiger partial charge in [0.25, 0.3) is 10.0 Å². The zero-order valence-electron chi connectivity index (χ0n) is 25.2. The molecule has 1 N–H and O–H groups in total. The van der Waals surface area contributed by atoms with Crippen molar-refractivity contribution >= 4 is 39.1 Å². The van der Waals surface area contributed by atoms with E-state index in [0.717, 1.165) is 27.4 Å². The predicted octanol–water partition coefficient (Wildman–Crippen LogP) is 6.32. The first-order valence-electron chi connectivity index (χ1n) is 14.6. The largest absolute Gasteiger partial charge is 0.354 e. The van der Waals surface area contributed by atoms with Gasteiger partial charge in [0.15, 0.2) is 0 Å². The molecular weight excluding hydrogens is 594 g/mol. The summed E-state index contributed by atoms with van der Waals surface area (Å²) in [5.74, 6) is -0.810. The van der Waals surface area contributed by atoms with E-state index in [1.165, 1.54) is 17.0 Å². The van der Waals surface area contributed by atoms with Gasteiger partial charge in [-0.15, -0.1) is 0 Å². The normalized spacial score (nSPS) is 11.9. The molecule has 1 atom stereocenters. The van der Waals surface area contributed by atoms with E-state index in [4.69, 9.17) is 11.6 Å². The van der Waals surface area contributed by atoms with Gasteiger partial charge in [0.1, 0.15) is 12.6 Å². The average Bonchev–Trinajstić information content (AvgIpc) is 3.03. The van der Waals surface area contributed by atoms with Gasteiger partial charge in [-0.1, -0.05) is 91.3 Å². The molecule has 4 aromatic rings. The molecule has 7 nitrogen and oxygen atoms in total. The van der Waals surface area contributed by atoms with Crippen LogP contribution in [0.5, 0.6) is 0 Å². The minimum atomic E-state index is -4.15. The van der Waals surface area contributed by atoms with Crippen LogP contribution in [0.25, 0.3) is 0 Å². The molecule has 0 heterocycles. The van der Waals surface area contributed by atoms with Gasteiger partial charge in [-0.3, -0.25) is 13.9 Å². The maximum Gasteiger partial charge on any atom is 0.264 e. The molecule has 0 aliphatic rings. The summed E-state index contributed by atoms with van der Waals surface area (Å²) >= 11 is 6.14. The molecule has 4 rings (SSSR count). The van der Waals surface area contributed by atoms with Crippen molar-refractivity contribution in [1.29, 1.82) is 0 Å². The van der Waals surface area contributed by atoms with E-state index in [9.17, 15) is 18.0 Å². The molecular formula is C35H38ClN3O4S. The van der Waals surface area contributed by atoms with E-state index < -0.39 is 28.5 Å². The number of rotatable bonds is 13. The van der Waals surface area contributed by atoms with Crippen molar-refractivity contribution in [2.75, 3.05) is 17.4 Å². The van der Waals surface area contributed by atoms with E-state index in [2.05, 4.69) is 5.32 Å². The van der Waals surface area contributed by atoms with Crippen LogP contribution in [0.1, 0.15) is 35.6 Å². The number of aryl methyl sites for hydroxylation is 2. The molecule has 0 saturated carbocycles. The standard InChI is InChI=1S/C35H38ClN3O4S/c1-4-21-37-35(41)33(23-28-11-7-5-8-12-28)38(24-29-17-19-30(36)20-18-29)34(40)25-39(32-22-26(2)15-16-27(32)3)44(42,43)31-13-9-6-10-14-31/h5-20,22,33H,4,21,23-25H2,1-3H3,(H,37,41)/t33-/m0/s1. The summed E-state index contributed by atoms with van der Waals surface area (Å²) in [5.41, 5.74) is 3.59. The minimum Gasteiger partial charge on any atom is -0.354 e. The monoisotopic (exact) mass is 631 g/mol. The van der Waals surface area contributed by atoms with Crippen LogP contribution in [0.2, 0.25) is 5.02 Å². The second-order valence-corrected chi connectivity index (χ2v) is 13.1. The number of anilines is 1. The quantitative estimate of drug-likeness (QED) is 0.187. The lowest BCUT2D eigenvalue weighted by molar-refractivity contribution is -0.140. The molecule has 2 amide bonds. The first-order chi connectivity index (χ1) is 21.1. The highest BCUT2D eigenvalue weighted by Gasteiger charge is 2.35. The molecule has 0 bridgehead atoms. The fourth-order valence-electron chi connectivity index (χ4n) is 4.93. The first kappa shape index (κ1) is 32.8. The number of halogens is 1. The second-order valence-electron chi connectivity index (χ2n) is 10.8. The van der Waals surface area contributed by atoms with Crippen molar-refractivity contribution in [3.05, 3.63) is 130 Å². The van der Waals surface area contributed by atoms with Crippen molar-refractivity contribution < 1.29 is 18.0 Å². The smallest absolute Gasteiger partial charge is 0.264 e. The van der Waals surface area contributed by atoms with E-state index >= 15 is 0 Å². The van der Waals surface area contributed by atoms with Crippen LogP contribution in [0.4, 0.5) is 5.69 Å². The van der Waals surface area contributed by atoms with Crippen LogP contribution in [-0.2, 0) is 32.6 Å². The van der Waals surface area contributed by atoms with Crippen molar-refractivity contribution in [3.63, 3.8) is 0 Å². The summed E-state index contributed by atoms with van der Waals surface area (Å²) in [5, 5.41) is 3.50. The maximum absolute atomic E-state index is 14.5. The zero-order chi connectivity index (χ0) is 31.7. The molecule has 0 radical (unpaired) electrons. The number of carbonyl (C=O) groups is 2. The third-order valence-electron chi connectivity index (χ3n) is 7.33. The Morgan fingerprint density at radius 1 is 0.841 bits per heavy atom. The van der Waals surface area contributed by atoms with Crippen LogP contribution in [0.15, 0.2) is 108 Å². The molecule has 0 saturated heterocycles. The topological polar surface area (TPSA) is 86.8 Å². The molecule has 0 aromatic heterocycles. The summed E-state index contributed by atoms with van der Waals surface area (Å²) in [7, 11) is -4.15. The van der Waals surface area contributed by atoms with Crippen LogP contribution in [0, 0.1) is 13.8 Å². The lowest BCUT2D eigenvalue weighted by Gasteiger charge is -2.34. The summed E-state index contributed by atoms with van der Waals surface area (Å²) in [4.78, 5) is 29.8. The fraction of sp³-hybridized carbons (Fsp3) is 0.257. The number of nitrogens with zero attached hydrogens (tertiary/aromatic N) is 2. The van der Waals surface area contributed by atoms with Gasteiger partial charge in [-0.05, 0) is 72.9 Å². The Kier molecular flexibility index (Phi) is 11.2. The van der Waals surface area contributed by atoms with Gasteiger partial charge in [0.2, 0.25) is 11.8 Å². The Labute approximate surface area is 265 Å². The van der Waals surface area contributed by atoms with Gasteiger partial charge in [0.05, 0.1) is 10.6 Å². The number of amides is 2. The van der Waals surface area contributed by atoms with Crippen LogP contribution >= 0.6 is 11.6 Å². The molecule has 0 spiro atoms. The van der Waals surface area contributed by atoms with E-state index in [0.29, 0.717) is 22.8 Å². The van der Waals surface area contributed by atoms with Gasteiger partial charge in [-0.25, -0.2) is 8.42 Å². The van der Waals surface area contributed by atoms with E-state index in [1.807, 2.05) is 63.2 Å². The molecule has 0 aliphatic carbocycles. The SMILES string of the molecule is CCCNC(=O)[C@H](Cc1ccccc1)N(Cc1ccc(Cl)cc1)C(=O)CN(c1cc(C)ccc1C)S(=O)(=O)c1ccccc1. The first-order valence-corrected chi connectivity index (χ1v) is 16.4. The summed E-state index contributed by atoms with van der Waals surface area (Å²) < 4.78 is 29.5. The van der Waals surface area contributed by atoms with Gasteiger partial charge < -0.3 is 10.2 Å². The summed E-state index contributed by atoms with van der Waals surface area (Å²) in [6.45, 7) is 5.68. The average molecular weight is 632 g/mol. The highest BCUT2D eigenvalue weighted by molar-refractivity contribution is 7.92. The Morgan fingerprint density at radius 2 is 1.48 bits per heavy atom. The van der Waals surface area contributed by atoms with Gasteiger partial charge in [-0.2, -0.15) is 0 Å². The lowest BCUT2D eigenvalue weighted by Crippen LogP contribution is -2.53. The maximum atomic E-state index is 14.5. The lowest BCUT2D eigenvalue weighted by atomic mass is 10.0. The Hall–Kier alpha value is -4.14. The van der Waals surface area contributed by atoms with E-state index in [1.54, 1.807) is 48.5 Å². The molecule has 0 unspecified atom stereocenters. The fourth-order valence-corrected chi connectivity index (χ4v) is 6.55. The second kappa shape index (κ2) is 15.0. The number of hydrogen-bond donors (Lipinski definition) is 1. The molecule has 0 aliphatic heterocycles.